The Balaban J connectivity index is 2.44. The van der Waals surface area contributed by atoms with Crippen LogP contribution in [0.4, 0.5) is 14.5 Å². The lowest BCUT2D eigenvalue weighted by molar-refractivity contribution is -0.117. The van der Waals surface area contributed by atoms with Gasteiger partial charge in [0.25, 0.3) is 0 Å². The van der Waals surface area contributed by atoms with Crippen molar-refractivity contribution in [3.8, 4) is 0 Å². The number of anilines is 1. The molecule has 2 nitrogen and oxygen atoms in total. The molecule has 0 aliphatic carbocycles. The van der Waals surface area contributed by atoms with Crippen molar-refractivity contribution >= 4 is 46.8 Å². The summed E-state index contributed by atoms with van der Waals surface area (Å²) in [5.41, 5.74) is -0.262. The molecule has 2 rings (SSSR count). The number of carbonyl (C=O) groups excluding carboxylic acids is 1. The van der Waals surface area contributed by atoms with E-state index in [0.29, 0.717) is 3.57 Å². The molecule has 0 spiro atoms. The summed E-state index contributed by atoms with van der Waals surface area (Å²) in [6.45, 7) is 0.246. The molecule has 1 aromatic carbocycles. The van der Waals surface area contributed by atoms with Crippen LogP contribution in [0, 0.1) is 15.2 Å². The highest BCUT2D eigenvalue weighted by molar-refractivity contribution is 14.1. The number of rotatable bonds is 1. The third kappa shape index (κ3) is 2.17. The SMILES string of the molecule is O=C1CC(S)CN1c1c(F)cc(I)cc1F. The van der Waals surface area contributed by atoms with E-state index in [0.717, 1.165) is 4.90 Å². The second-order valence-corrected chi connectivity index (χ2v) is 5.56. The molecule has 1 saturated heterocycles. The Labute approximate surface area is 111 Å². The van der Waals surface area contributed by atoms with Crippen molar-refractivity contribution in [1.82, 2.24) is 0 Å². The van der Waals surface area contributed by atoms with Gasteiger partial charge in [-0.1, -0.05) is 0 Å². The van der Waals surface area contributed by atoms with E-state index in [9.17, 15) is 13.6 Å². The second-order valence-electron chi connectivity index (χ2n) is 3.58. The Bertz CT molecular complexity index is 431. The summed E-state index contributed by atoms with van der Waals surface area (Å²) >= 11 is 5.96. The van der Waals surface area contributed by atoms with Crippen molar-refractivity contribution in [3.63, 3.8) is 0 Å². The van der Waals surface area contributed by atoms with Gasteiger partial charge in [0.1, 0.15) is 5.69 Å². The van der Waals surface area contributed by atoms with Crippen LogP contribution in [0.1, 0.15) is 6.42 Å². The van der Waals surface area contributed by atoms with Gasteiger partial charge in [-0.3, -0.25) is 4.79 Å². The number of amides is 1. The third-order valence-corrected chi connectivity index (χ3v) is 3.32. The molecule has 1 unspecified atom stereocenters. The minimum absolute atomic E-state index is 0.162. The molecule has 1 heterocycles. The van der Waals surface area contributed by atoms with Crippen LogP contribution in [-0.4, -0.2) is 17.7 Å². The van der Waals surface area contributed by atoms with Gasteiger partial charge in [0.15, 0.2) is 11.6 Å². The second kappa shape index (κ2) is 4.48. The van der Waals surface area contributed by atoms with Gasteiger partial charge < -0.3 is 4.90 Å². The fourth-order valence-electron chi connectivity index (χ4n) is 1.70. The lowest BCUT2D eigenvalue weighted by Gasteiger charge is -2.17. The number of thiol groups is 1. The van der Waals surface area contributed by atoms with Gasteiger partial charge in [0.2, 0.25) is 5.91 Å². The Morgan fingerprint density at radius 3 is 2.38 bits per heavy atom. The molecule has 0 N–H and O–H groups in total. The van der Waals surface area contributed by atoms with Gasteiger partial charge >= 0.3 is 0 Å². The van der Waals surface area contributed by atoms with Crippen LogP contribution in [0.25, 0.3) is 0 Å². The van der Waals surface area contributed by atoms with Crippen molar-refractivity contribution < 1.29 is 13.6 Å². The van der Waals surface area contributed by atoms with Crippen LogP contribution < -0.4 is 4.90 Å². The molecule has 1 atom stereocenters. The zero-order chi connectivity index (χ0) is 11.9. The highest BCUT2D eigenvalue weighted by Crippen LogP contribution is 2.30. The van der Waals surface area contributed by atoms with Gasteiger partial charge in [-0.25, -0.2) is 8.78 Å². The number of nitrogens with zero attached hydrogens (tertiary/aromatic N) is 1. The molecular weight excluding hydrogens is 347 g/mol. The van der Waals surface area contributed by atoms with Crippen LogP contribution in [-0.2, 0) is 4.79 Å². The average molecular weight is 355 g/mol. The minimum atomic E-state index is -0.708. The maximum atomic E-state index is 13.6. The molecule has 1 aromatic rings. The molecule has 1 aliphatic rings. The predicted molar refractivity (Wildman–Crippen MR) is 68.8 cm³/mol. The first-order valence-electron chi connectivity index (χ1n) is 4.62. The van der Waals surface area contributed by atoms with Crippen molar-refractivity contribution in [1.29, 1.82) is 0 Å². The predicted octanol–water partition coefficient (Wildman–Crippen LogP) is 2.60. The molecule has 1 amide bonds. The van der Waals surface area contributed by atoms with Gasteiger partial charge in [0, 0.05) is 21.8 Å². The summed E-state index contributed by atoms with van der Waals surface area (Å²) in [5.74, 6) is -1.71. The van der Waals surface area contributed by atoms with Crippen LogP contribution in [0.15, 0.2) is 12.1 Å². The summed E-state index contributed by atoms with van der Waals surface area (Å²) in [7, 11) is 0. The Kier molecular flexibility index (Phi) is 3.39. The van der Waals surface area contributed by atoms with E-state index in [2.05, 4.69) is 12.6 Å². The third-order valence-electron chi connectivity index (χ3n) is 2.36. The van der Waals surface area contributed by atoms with Crippen LogP contribution >= 0.6 is 35.2 Å². The van der Waals surface area contributed by atoms with Gasteiger partial charge in [-0.15, -0.1) is 0 Å². The maximum Gasteiger partial charge on any atom is 0.228 e. The zero-order valence-electron chi connectivity index (χ0n) is 8.08. The Morgan fingerprint density at radius 1 is 1.38 bits per heavy atom. The Morgan fingerprint density at radius 2 is 1.94 bits per heavy atom. The minimum Gasteiger partial charge on any atom is -0.306 e. The molecule has 6 heteroatoms. The number of halogens is 3. The number of benzene rings is 1. The smallest absolute Gasteiger partial charge is 0.228 e. The van der Waals surface area contributed by atoms with Crippen LogP contribution in [0.5, 0.6) is 0 Å². The normalized spacial score (nSPS) is 20.6. The fraction of sp³-hybridized carbons (Fsp3) is 0.300. The van der Waals surface area contributed by atoms with E-state index in [1.807, 2.05) is 22.6 Å². The van der Waals surface area contributed by atoms with E-state index in [4.69, 9.17) is 0 Å². The summed E-state index contributed by atoms with van der Waals surface area (Å²) in [6.07, 6.45) is 0.216. The quantitative estimate of drug-likeness (QED) is 0.607. The van der Waals surface area contributed by atoms with E-state index >= 15 is 0 Å². The first-order valence-corrected chi connectivity index (χ1v) is 6.21. The molecule has 1 aliphatic heterocycles. The summed E-state index contributed by atoms with van der Waals surface area (Å²) < 4.78 is 27.7. The van der Waals surface area contributed by atoms with Crippen LogP contribution in [0.2, 0.25) is 0 Å². The monoisotopic (exact) mass is 355 g/mol. The van der Waals surface area contributed by atoms with Crippen molar-refractivity contribution in [2.45, 2.75) is 11.7 Å². The molecule has 0 aromatic heterocycles. The number of hydrogen-bond acceptors (Lipinski definition) is 2. The average Bonchev–Trinajstić information content (AvgIpc) is 2.43. The zero-order valence-corrected chi connectivity index (χ0v) is 11.1. The van der Waals surface area contributed by atoms with E-state index in [-0.39, 0.29) is 29.8 Å². The maximum absolute atomic E-state index is 13.6. The van der Waals surface area contributed by atoms with Crippen LogP contribution in [0.3, 0.4) is 0 Å². The first-order chi connectivity index (χ1) is 7.49. The molecule has 0 bridgehead atoms. The van der Waals surface area contributed by atoms with Gasteiger partial charge in [0.05, 0.1) is 0 Å². The molecular formula is C10H8F2INOS. The highest BCUT2D eigenvalue weighted by atomic mass is 127. The summed E-state index contributed by atoms with van der Waals surface area (Å²) in [5, 5.41) is -0.162. The fourth-order valence-corrected chi connectivity index (χ4v) is 2.56. The lowest BCUT2D eigenvalue weighted by Crippen LogP contribution is -2.26. The van der Waals surface area contributed by atoms with Crippen molar-refractivity contribution in [2.24, 2.45) is 0 Å². The van der Waals surface area contributed by atoms with E-state index in [1.165, 1.54) is 12.1 Å². The van der Waals surface area contributed by atoms with E-state index < -0.39 is 11.6 Å². The summed E-state index contributed by atoms with van der Waals surface area (Å²) in [4.78, 5) is 12.6. The molecule has 0 radical (unpaired) electrons. The molecule has 1 fully saturated rings. The summed E-state index contributed by atoms with van der Waals surface area (Å²) in [6, 6.07) is 2.41. The van der Waals surface area contributed by atoms with Gasteiger partial charge in [-0.05, 0) is 34.7 Å². The number of carbonyl (C=O) groups is 1. The van der Waals surface area contributed by atoms with Crippen molar-refractivity contribution in [3.05, 3.63) is 27.3 Å². The first kappa shape index (κ1) is 12.1. The van der Waals surface area contributed by atoms with Crippen molar-refractivity contribution in [2.75, 3.05) is 11.4 Å². The molecule has 0 saturated carbocycles. The highest BCUT2D eigenvalue weighted by Gasteiger charge is 2.32. The molecule has 86 valence electrons. The Hall–Kier alpha value is -0.370. The number of hydrogen-bond donors (Lipinski definition) is 1. The van der Waals surface area contributed by atoms with Gasteiger partial charge in [-0.2, -0.15) is 12.6 Å². The molecule has 16 heavy (non-hydrogen) atoms. The topological polar surface area (TPSA) is 20.3 Å². The lowest BCUT2D eigenvalue weighted by atomic mass is 10.2. The largest absolute Gasteiger partial charge is 0.306 e. The van der Waals surface area contributed by atoms with E-state index in [1.54, 1.807) is 0 Å². The standard InChI is InChI=1S/C10H8F2INOS/c11-7-1-5(13)2-8(12)10(7)14-4-6(16)3-9(14)15/h1-2,6,16H,3-4H2.